The average molecular weight is 535 g/mol. The van der Waals surface area contributed by atoms with Crippen molar-refractivity contribution in [1.82, 2.24) is 9.21 Å². The summed E-state index contributed by atoms with van der Waals surface area (Å²) in [6, 6.07) is 6.25. The zero-order chi connectivity index (χ0) is 26.0. The van der Waals surface area contributed by atoms with Crippen molar-refractivity contribution in [3.8, 4) is 0 Å². The van der Waals surface area contributed by atoms with Gasteiger partial charge in [0, 0.05) is 36.4 Å². The van der Waals surface area contributed by atoms with Crippen LogP contribution in [0.25, 0.3) is 0 Å². The first-order valence-electron chi connectivity index (χ1n) is 11.0. The molecule has 1 N–H and O–H groups in total. The summed E-state index contributed by atoms with van der Waals surface area (Å²) in [7, 11) is -2.20. The van der Waals surface area contributed by atoms with Crippen LogP contribution in [0, 0.1) is 13.8 Å². The van der Waals surface area contributed by atoms with E-state index in [1.165, 1.54) is 39.7 Å². The van der Waals surface area contributed by atoms with Crippen molar-refractivity contribution in [3.63, 3.8) is 0 Å². The lowest BCUT2D eigenvalue weighted by molar-refractivity contribution is -0.140. The van der Waals surface area contributed by atoms with E-state index in [9.17, 15) is 31.5 Å². The number of likely N-dealkylation sites (tertiary alicyclic amines) is 1. The Morgan fingerprint density at radius 3 is 2.46 bits per heavy atom. The molecule has 0 spiro atoms. The Labute approximate surface area is 207 Å². The molecule has 0 aliphatic carbocycles. The van der Waals surface area contributed by atoms with Crippen molar-refractivity contribution in [2.24, 2.45) is 0 Å². The number of hydrogen-bond donors (Lipinski definition) is 1. The minimum atomic E-state index is -4.50. The van der Waals surface area contributed by atoms with E-state index in [0.717, 1.165) is 17.0 Å². The van der Waals surface area contributed by atoms with Crippen molar-refractivity contribution in [2.75, 3.05) is 39.9 Å². The number of likely N-dealkylation sites (N-methyl/N-ethyl adjacent to an activating group) is 1. The van der Waals surface area contributed by atoms with Crippen molar-refractivity contribution < 1.29 is 36.2 Å². The molecule has 1 aromatic carbocycles. The molecule has 0 unspecified atom stereocenters. The summed E-state index contributed by atoms with van der Waals surface area (Å²) in [5.74, 6) is -0.328. The fraction of sp³-hybridized carbons (Fsp3) is 0.522. The van der Waals surface area contributed by atoms with Crippen LogP contribution in [0.1, 0.15) is 33.7 Å². The summed E-state index contributed by atoms with van der Waals surface area (Å²) < 4.78 is 71.0. The van der Waals surface area contributed by atoms with Crippen LogP contribution in [0.5, 0.6) is 0 Å². The van der Waals surface area contributed by atoms with E-state index in [2.05, 4.69) is 0 Å². The number of carbonyl (C=O) groups is 1. The third-order valence-electron chi connectivity index (χ3n) is 6.13. The average Bonchev–Trinajstić information content (AvgIpc) is 3.15. The number of hydrogen-bond acceptors (Lipinski definition) is 6. The summed E-state index contributed by atoms with van der Waals surface area (Å²) in [6.45, 7) is 3.75. The number of rotatable bonds is 8. The van der Waals surface area contributed by atoms with Crippen molar-refractivity contribution >= 4 is 27.3 Å². The van der Waals surface area contributed by atoms with Gasteiger partial charge in [-0.2, -0.15) is 17.5 Å². The molecule has 0 bridgehead atoms. The first-order chi connectivity index (χ1) is 16.2. The highest BCUT2D eigenvalue weighted by Crippen LogP contribution is 2.36. The first-order valence-corrected chi connectivity index (χ1v) is 13.3. The molecule has 2 heterocycles. The zero-order valence-corrected chi connectivity index (χ0v) is 21.4. The summed E-state index contributed by atoms with van der Waals surface area (Å²) in [5, 5.41) is 10.9. The second-order valence-electron chi connectivity index (χ2n) is 8.65. The Bertz CT molecular complexity index is 1160. The highest BCUT2D eigenvalue weighted by Gasteiger charge is 2.38. The van der Waals surface area contributed by atoms with Gasteiger partial charge in [0.25, 0.3) is 0 Å². The Balaban J connectivity index is 1.47. The van der Waals surface area contributed by atoms with Gasteiger partial charge in [-0.3, -0.25) is 4.79 Å². The van der Waals surface area contributed by atoms with E-state index >= 15 is 0 Å². The molecular weight excluding hydrogens is 505 g/mol. The molecule has 1 fully saturated rings. The number of nitrogens with zero attached hydrogens (tertiary/aromatic N) is 2. The highest BCUT2D eigenvalue weighted by atomic mass is 32.2. The number of piperidine rings is 1. The van der Waals surface area contributed by atoms with Crippen molar-refractivity contribution in [1.29, 1.82) is 0 Å². The van der Waals surface area contributed by atoms with Gasteiger partial charge in [0.1, 0.15) is 6.61 Å². The van der Waals surface area contributed by atoms with Crippen LogP contribution in [0.15, 0.2) is 35.2 Å². The van der Waals surface area contributed by atoms with E-state index in [0.29, 0.717) is 4.88 Å². The van der Waals surface area contributed by atoms with Gasteiger partial charge < -0.3 is 14.7 Å². The number of aryl methyl sites for hydroxylation is 2. The molecule has 1 saturated heterocycles. The topological polar surface area (TPSA) is 87.2 Å². The predicted octanol–water partition coefficient (Wildman–Crippen LogP) is 3.53. The molecule has 1 aliphatic rings. The van der Waals surface area contributed by atoms with E-state index in [-0.39, 0.29) is 62.1 Å². The minimum Gasteiger partial charge on any atom is -0.385 e. The molecule has 1 aromatic heterocycles. The summed E-state index contributed by atoms with van der Waals surface area (Å²) >= 11 is 1.41. The quantitative estimate of drug-likeness (QED) is 0.524. The molecule has 1 aliphatic heterocycles. The van der Waals surface area contributed by atoms with Gasteiger partial charge in [0.05, 0.1) is 22.7 Å². The number of carbonyl (C=O) groups excluding carboxylic acids is 1. The molecule has 194 valence electrons. The lowest BCUT2D eigenvalue weighted by Gasteiger charge is -2.38. The molecule has 0 radical (unpaired) electrons. The molecule has 7 nitrogen and oxygen atoms in total. The SMILES string of the molecule is Cc1cc(S(=O)(=O)N(C)CCOCC(=O)N2CCC(O)(c3cccc(C(F)(F)F)c3)CC2)c(C)s1. The zero-order valence-electron chi connectivity index (χ0n) is 19.8. The maximum atomic E-state index is 13.0. The minimum absolute atomic E-state index is 0.0195. The van der Waals surface area contributed by atoms with Crippen LogP contribution >= 0.6 is 11.3 Å². The summed E-state index contributed by atoms with van der Waals surface area (Å²) in [6.07, 6.45) is -4.31. The van der Waals surface area contributed by atoms with Gasteiger partial charge in [-0.25, -0.2) is 8.42 Å². The molecule has 2 aromatic rings. The monoisotopic (exact) mass is 534 g/mol. The van der Waals surface area contributed by atoms with Gasteiger partial charge in [-0.05, 0) is 50.5 Å². The predicted molar refractivity (Wildman–Crippen MR) is 126 cm³/mol. The Kier molecular flexibility index (Phi) is 8.32. The third kappa shape index (κ3) is 6.42. The molecule has 0 saturated carbocycles. The lowest BCUT2D eigenvalue weighted by Crippen LogP contribution is -2.46. The number of amides is 1. The van der Waals surface area contributed by atoms with E-state index in [1.807, 2.05) is 6.92 Å². The number of halogens is 3. The van der Waals surface area contributed by atoms with Gasteiger partial charge in [0.2, 0.25) is 15.9 Å². The molecule has 0 atom stereocenters. The standard InChI is InChI=1S/C23H29F3N2O5S2/c1-16-13-20(17(2)34-16)35(31,32)27(3)11-12-33-15-21(29)28-9-7-22(30,8-10-28)18-5-4-6-19(14-18)23(24,25)26/h4-6,13-14,30H,7-12,15H2,1-3H3. The fourth-order valence-corrected chi connectivity index (χ4v) is 6.67. The third-order valence-corrected chi connectivity index (χ3v) is 9.21. The van der Waals surface area contributed by atoms with Crippen LogP contribution in [0.3, 0.4) is 0 Å². The molecule has 35 heavy (non-hydrogen) atoms. The Morgan fingerprint density at radius 1 is 1.23 bits per heavy atom. The number of alkyl halides is 3. The largest absolute Gasteiger partial charge is 0.416 e. The number of ether oxygens (including phenoxy) is 1. The van der Waals surface area contributed by atoms with E-state index < -0.39 is 27.4 Å². The van der Waals surface area contributed by atoms with Crippen LogP contribution in [-0.2, 0) is 31.3 Å². The van der Waals surface area contributed by atoms with Gasteiger partial charge in [0.15, 0.2) is 0 Å². The Morgan fingerprint density at radius 2 is 1.89 bits per heavy atom. The normalized spacial score (nSPS) is 16.6. The van der Waals surface area contributed by atoms with Crippen LogP contribution in [-0.4, -0.2) is 68.5 Å². The number of thiophene rings is 1. The molecular formula is C23H29F3N2O5S2. The van der Waals surface area contributed by atoms with Gasteiger partial charge >= 0.3 is 6.18 Å². The maximum absolute atomic E-state index is 13.0. The van der Waals surface area contributed by atoms with Gasteiger partial charge in [-0.1, -0.05) is 12.1 Å². The molecule has 1 amide bonds. The van der Waals surface area contributed by atoms with Crippen molar-refractivity contribution in [2.45, 2.75) is 43.4 Å². The number of aliphatic hydroxyl groups is 1. The van der Waals surface area contributed by atoms with Crippen LogP contribution in [0.2, 0.25) is 0 Å². The molecule has 12 heteroatoms. The summed E-state index contributed by atoms with van der Waals surface area (Å²) in [4.78, 5) is 15.8. The second kappa shape index (κ2) is 10.6. The smallest absolute Gasteiger partial charge is 0.385 e. The summed E-state index contributed by atoms with van der Waals surface area (Å²) in [5.41, 5.74) is -2.10. The van der Waals surface area contributed by atoms with Crippen molar-refractivity contribution in [3.05, 3.63) is 51.2 Å². The number of sulfonamides is 1. The Hall–Kier alpha value is -1.99. The highest BCUT2D eigenvalue weighted by molar-refractivity contribution is 7.89. The molecule has 3 rings (SSSR count). The van der Waals surface area contributed by atoms with Crippen LogP contribution in [0.4, 0.5) is 13.2 Å². The first kappa shape index (κ1) is 27.6. The maximum Gasteiger partial charge on any atom is 0.416 e. The lowest BCUT2D eigenvalue weighted by atomic mass is 9.83. The second-order valence-corrected chi connectivity index (χ2v) is 12.1. The fourth-order valence-electron chi connectivity index (χ4n) is 4.00. The van der Waals surface area contributed by atoms with E-state index in [1.54, 1.807) is 13.0 Å². The number of benzene rings is 1. The van der Waals surface area contributed by atoms with Crippen LogP contribution < -0.4 is 0 Å². The van der Waals surface area contributed by atoms with Gasteiger partial charge in [-0.15, -0.1) is 11.3 Å². The van der Waals surface area contributed by atoms with E-state index in [4.69, 9.17) is 4.74 Å².